The van der Waals surface area contributed by atoms with Gasteiger partial charge in [0.25, 0.3) is 0 Å². The average Bonchev–Trinajstić information content (AvgIpc) is 2.62. The molecule has 0 amide bonds. The van der Waals surface area contributed by atoms with Crippen LogP contribution in [0.2, 0.25) is 0 Å². The maximum absolute atomic E-state index is 10.0. The number of hydrogen-bond acceptors (Lipinski definition) is 3. The Bertz CT molecular complexity index is 739. The van der Waals surface area contributed by atoms with Crippen molar-refractivity contribution in [1.82, 2.24) is 0 Å². The molecule has 0 bridgehead atoms. The average molecular weight is 371 g/mol. The Balaban J connectivity index is 1.81. The number of aliphatic hydroxyl groups excluding tert-OH is 1. The third-order valence-electron chi connectivity index (χ3n) is 5.35. The molecule has 1 aliphatic heterocycles. The lowest BCUT2D eigenvalue weighted by atomic mass is 9.92. The van der Waals surface area contributed by atoms with Gasteiger partial charge in [-0.05, 0) is 80.0 Å². The van der Waals surface area contributed by atoms with E-state index in [1.54, 1.807) is 0 Å². The minimum absolute atomic E-state index is 0.162. The van der Waals surface area contributed by atoms with E-state index in [1.165, 1.54) is 27.8 Å². The van der Waals surface area contributed by atoms with Crippen LogP contribution in [0.1, 0.15) is 59.8 Å². The molecule has 3 unspecified atom stereocenters. The molecule has 2 nitrogen and oxygen atoms in total. The molecule has 1 aliphatic rings. The fourth-order valence-corrected chi connectivity index (χ4v) is 5.26. The van der Waals surface area contributed by atoms with Crippen LogP contribution in [-0.2, 0) is 6.42 Å². The lowest BCUT2D eigenvalue weighted by Crippen LogP contribution is -2.26. The molecular formula is C23H30O2S. The smallest absolute Gasteiger partial charge is 0.119 e. The van der Waals surface area contributed by atoms with E-state index in [-0.39, 0.29) is 6.10 Å². The van der Waals surface area contributed by atoms with Crippen molar-refractivity contribution in [3.8, 4) is 5.75 Å². The Morgan fingerprint density at radius 2 is 1.81 bits per heavy atom. The Labute approximate surface area is 162 Å². The minimum atomic E-state index is -0.162. The van der Waals surface area contributed by atoms with Gasteiger partial charge < -0.3 is 9.84 Å². The van der Waals surface area contributed by atoms with Crippen LogP contribution in [0.4, 0.5) is 0 Å². The van der Waals surface area contributed by atoms with Gasteiger partial charge in [-0.15, -0.1) is 11.8 Å². The largest absolute Gasteiger partial charge is 0.494 e. The number of aliphatic hydroxyl groups is 1. The first-order chi connectivity index (χ1) is 12.5. The zero-order chi connectivity index (χ0) is 18.7. The summed E-state index contributed by atoms with van der Waals surface area (Å²) in [5.41, 5.74) is 6.88. The van der Waals surface area contributed by atoms with Crippen molar-refractivity contribution >= 4 is 11.8 Å². The molecule has 0 aliphatic carbocycles. The molecule has 1 heterocycles. The summed E-state index contributed by atoms with van der Waals surface area (Å²) in [5.74, 6) is 0.934. The highest BCUT2D eigenvalue weighted by Crippen LogP contribution is 2.44. The summed E-state index contributed by atoms with van der Waals surface area (Å²) in [6, 6.07) is 13.2. The Kier molecular flexibility index (Phi) is 6.31. The van der Waals surface area contributed by atoms with E-state index < -0.39 is 0 Å². The highest BCUT2D eigenvalue weighted by atomic mass is 32.2. The van der Waals surface area contributed by atoms with Crippen molar-refractivity contribution in [2.45, 2.75) is 63.6 Å². The Hall–Kier alpha value is -1.45. The predicted molar refractivity (Wildman–Crippen MR) is 111 cm³/mol. The van der Waals surface area contributed by atoms with Gasteiger partial charge in [0.15, 0.2) is 0 Å². The molecule has 1 N–H and O–H groups in total. The molecule has 140 valence electrons. The molecule has 0 saturated carbocycles. The van der Waals surface area contributed by atoms with E-state index in [4.69, 9.17) is 4.74 Å². The van der Waals surface area contributed by atoms with Crippen LogP contribution in [0.15, 0.2) is 36.4 Å². The topological polar surface area (TPSA) is 29.5 Å². The van der Waals surface area contributed by atoms with Gasteiger partial charge in [-0.2, -0.15) is 0 Å². The van der Waals surface area contributed by atoms with E-state index >= 15 is 0 Å². The Morgan fingerprint density at radius 3 is 2.46 bits per heavy atom. The summed E-state index contributed by atoms with van der Waals surface area (Å²) in [5, 5.41) is 10.8. The quantitative estimate of drug-likeness (QED) is 0.742. The van der Waals surface area contributed by atoms with Gasteiger partial charge in [0.1, 0.15) is 5.75 Å². The SMILES string of the molecule is CCOc1ccc(Cc2cc(C3CCC(O)C(C)S3)c(C)cc2C)cc1. The zero-order valence-electron chi connectivity index (χ0n) is 16.3. The van der Waals surface area contributed by atoms with E-state index in [0.717, 1.165) is 25.0 Å². The number of thioether (sulfide) groups is 1. The summed E-state index contributed by atoms with van der Waals surface area (Å²) in [4.78, 5) is 0. The molecule has 26 heavy (non-hydrogen) atoms. The lowest BCUT2D eigenvalue weighted by molar-refractivity contribution is 0.157. The molecule has 2 aromatic carbocycles. The molecule has 0 aromatic heterocycles. The highest BCUT2D eigenvalue weighted by molar-refractivity contribution is 8.00. The van der Waals surface area contributed by atoms with Gasteiger partial charge in [0.2, 0.25) is 0 Å². The number of hydrogen-bond donors (Lipinski definition) is 1. The van der Waals surface area contributed by atoms with Gasteiger partial charge in [-0.3, -0.25) is 0 Å². The molecule has 1 fully saturated rings. The summed E-state index contributed by atoms with van der Waals surface area (Å²) in [6.45, 7) is 9.28. The molecule has 2 aromatic rings. The summed E-state index contributed by atoms with van der Waals surface area (Å²) in [6.07, 6.45) is 2.75. The molecular weight excluding hydrogens is 340 g/mol. The van der Waals surface area contributed by atoms with E-state index in [2.05, 4.69) is 57.2 Å². The van der Waals surface area contributed by atoms with E-state index in [0.29, 0.717) is 17.1 Å². The van der Waals surface area contributed by atoms with E-state index in [9.17, 15) is 5.11 Å². The molecule has 3 heteroatoms. The highest BCUT2D eigenvalue weighted by Gasteiger charge is 2.28. The second kappa shape index (κ2) is 8.49. The van der Waals surface area contributed by atoms with Crippen LogP contribution in [0.5, 0.6) is 5.75 Å². The van der Waals surface area contributed by atoms with Crippen LogP contribution in [0.3, 0.4) is 0 Å². The lowest BCUT2D eigenvalue weighted by Gasteiger charge is -2.32. The molecule has 3 atom stereocenters. The van der Waals surface area contributed by atoms with Crippen molar-refractivity contribution < 1.29 is 9.84 Å². The van der Waals surface area contributed by atoms with Crippen molar-refractivity contribution in [2.75, 3.05) is 6.61 Å². The Morgan fingerprint density at radius 1 is 1.08 bits per heavy atom. The van der Waals surface area contributed by atoms with Crippen LogP contribution < -0.4 is 4.74 Å². The van der Waals surface area contributed by atoms with Gasteiger partial charge >= 0.3 is 0 Å². The number of rotatable bonds is 5. The van der Waals surface area contributed by atoms with Crippen molar-refractivity contribution in [1.29, 1.82) is 0 Å². The monoisotopic (exact) mass is 370 g/mol. The van der Waals surface area contributed by atoms with Gasteiger partial charge in [-0.1, -0.05) is 31.2 Å². The molecule has 1 saturated heterocycles. The van der Waals surface area contributed by atoms with Crippen LogP contribution in [0, 0.1) is 13.8 Å². The minimum Gasteiger partial charge on any atom is -0.494 e. The number of aryl methyl sites for hydroxylation is 2. The molecule has 0 radical (unpaired) electrons. The second-order valence-corrected chi connectivity index (χ2v) is 8.95. The van der Waals surface area contributed by atoms with Crippen LogP contribution in [-0.4, -0.2) is 23.1 Å². The summed E-state index contributed by atoms with van der Waals surface area (Å²) < 4.78 is 5.54. The predicted octanol–water partition coefficient (Wildman–Crippen LogP) is 5.61. The maximum atomic E-state index is 10.0. The fraction of sp³-hybridized carbons (Fsp3) is 0.478. The van der Waals surface area contributed by atoms with Crippen molar-refractivity contribution in [2.24, 2.45) is 0 Å². The third kappa shape index (κ3) is 4.44. The first-order valence-corrected chi connectivity index (χ1v) is 10.6. The fourth-order valence-electron chi connectivity index (χ4n) is 3.75. The third-order valence-corrected chi connectivity index (χ3v) is 6.91. The van der Waals surface area contributed by atoms with Crippen molar-refractivity contribution in [3.05, 3.63) is 64.2 Å². The first kappa shape index (κ1) is 19.3. The summed E-state index contributed by atoms with van der Waals surface area (Å²) >= 11 is 1.92. The second-order valence-electron chi connectivity index (χ2n) is 7.36. The van der Waals surface area contributed by atoms with Crippen molar-refractivity contribution in [3.63, 3.8) is 0 Å². The van der Waals surface area contributed by atoms with Crippen LogP contribution in [0.25, 0.3) is 0 Å². The number of ether oxygens (including phenoxy) is 1. The summed E-state index contributed by atoms with van der Waals surface area (Å²) in [7, 11) is 0. The molecule has 0 spiro atoms. The van der Waals surface area contributed by atoms with Gasteiger partial charge in [0, 0.05) is 10.5 Å². The molecule has 3 rings (SSSR count). The van der Waals surface area contributed by atoms with Gasteiger partial charge in [-0.25, -0.2) is 0 Å². The maximum Gasteiger partial charge on any atom is 0.119 e. The number of benzene rings is 2. The standard InChI is InChI=1S/C23H30O2S/c1-5-25-20-8-6-18(7-9-20)13-19-14-21(16(3)12-15(19)2)23-11-10-22(24)17(4)26-23/h6-9,12,14,17,22-24H,5,10-11,13H2,1-4H3. The zero-order valence-corrected chi connectivity index (χ0v) is 17.1. The van der Waals surface area contributed by atoms with Crippen LogP contribution >= 0.6 is 11.8 Å². The van der Waals surface area contributed by atoms with Gasteiger partial charge in [0.05, 0.1) is 12.7 Å². The first-order valence-electron chi connectivity index (χ1n) is 9.63. The normalized spacial score (nSPS) is 23.0. The van der Waals surface area contributed by atoms with E-state index in [1.807, 2.05) is 18.7 Å².